The molecule has 1 saturated heterocycles. The van der Waals surface area contributed by atoms with Gasteiger partial charge in [-0.15, -0.1) is 0 Å². The summed E-state index contributed by atoms with van der Waals surface area (Å²) in [5.41, 5.74) is -0.00238. The summed E-state index contributed by atoms with van der Waals surface area (Å²) in [6, 6.07) is 0. The topological polar surface area (TPSA) is 32.3 Å². The first-order valence-electron chi connectivity index (χ1n) is 6.55. The Morgan fingerprint density at radius 2 is 2.19 bits per heavy atom. The summed E-state index contributed by atoms with van der Waals surface area (Å²) in [7, 11) is 4.09. The van der Waals surface area contributed by atoms with Crippen molar-refractivity contribution in [2.24, 2.45) is 11.3 Å². The number of nitrogens with zero attached hydrogens (tertiary/aromatic N) is 1. The van der Waals surface area contributed by atoms with E-state index >= 15 is 0 Å². The van der Waals surface area contributed by atoms with Crippen molar-refractivity contribution in [3.63, 3.8) is 0 Å². The monoisotopic (exact) mass is 224 g/mol. The molecule has 3 heteroatoms. The Labute approximate surface area is 98.6 Å². The predicted molar refractivity (Wildman–Crippen MR) is 65.4 cm³/mol. The van der Waals surface area contributed by atoms with Gasteiger partial charge in [-0.2, -0.15) is 0 Å². The van der Waals surface area contributed by atoms with Crippen LogP contribution >= 0.6 is 0 Å². The van der Waals surface area contributed by atoms with Gasteiger partial charge < -0.3 is 10.2 Å². The highest BCUT2D eigenvalue weighted by Crippen LogP contribution is 2.44. The molecule has 1 unspecified atom stereocenters. The fraction of sp³-hybridized carbons (Fsp3) is 0.923. The predicted octanol–water partition coefficient (Wildman–Crippen LogP) is 1.29. The van der Waals surface area contributed by atoms with Crippen LogP contribution in [0.5, 0.6) is 0 Å². The normalized spacial score (nSPS) is 29.8. The van der Waals surface area contributed by atoms with E-state index in [9.17, 15) is 4.79 Å². The standard InChI is InChI=1S/C13H24N2O/c1-14-10-13(6-4-7-13)12(16)11-5-3-8-15(2)9-11/h11,14H,3-10H2,1-2H3. The maximum atomic E-state index is 12.6. The molecule has 0 radical (unpaired) electrons. The zero-order valence-electron chi connectivity index (χ0n) is 10.6. The van der Waals surface area contributed by atoms with Gasteiger partial charge in [0, 0.05) is 24.4 Å². The van der Waals surface area contributed by atoms with Gasteiger partial charge >= 0.3 is 0 Å². The molecule has 0 amide bonds. The highest BCUT2D eigenvalue weighted by molar-refractivity contribution is 5.88. The molecular formula is C13H24N2O. The lowest BCUT2D eigenvalue weighted by Gasteiger charge is -2.44. The second-order valence-electron chi connectivity index (χ2n) is 5.63. The minimum atomic E-state index is -0.00238. The summed E-state index contributed by atoms with van der Waals surface area (Å²) >= 11 is 0. The average Bonchev–Trinajstić information content (AvgIpc) is 2.22. The molecule has 2 fully saturated rings. The summed E-state index contributed by atoms with van der Waals surface area (Å²) in [6.07, 6.45) is 5.73. The average molecular weight is 224 g/mol. The minimum absolute atomic E-state index is 0.00238. The molecule has 0 aromatic rings. The van der Waals surface area contributed by atoms with Crippen molar-refractivity contribution in [1.82, 2.24) is 10.2 Å². The third-order valence-electron chi connectivity index (χ3n) is 4.34. The fourth-order valence-electron chi connectivity index (χ4n) is 3.27. The Morgan fingerprint density at radius 3 is 2.69 bits per heavy atom. The molecule has 1 saturated carbocycles. The molecule has 0 aromatic carbocycles. The third kappa shape index (κ3) is 2.16. The number of nitrogens with one attached hydrogen (secondary N) is 1. The number of hydrogen-bond donors (Lipinski definition) is 1. The molecular weight excluding hydrogens is 200 g/mol. The van der Waals surface area contributed by atoms with Gasteiger partial charge in [-0.1, -0.05) is 6.42 Å². The Morgan fingerprint density at radius 1 is 1.44 bits per heavy atom. The van der Waals surface area contributed by atoms with E-state index in [0.717, 1.165) is 38.9 Å². The molecule has 0 spiro atoms. The van der Waals surface area contributed by atoms with Crippen LogP contribution in [0.4, 0.5) is 0 Å². The van der Waals surface area contributed by atoms with Gasteiger partial charge in [0.05, 0.1) is 0 Å². The van der Waals surface area contributed by atoms with Crippen LogP contribution in [0, 0.1) is 11.3 Å². The zero-order valence-corrected chi connectivity index (χ0v) is 10.6. The number of Topliss-reactive ketones (excluding diaryl/α,β-unsaturated/α-hetero) is 1. The Bertz CT molecular complexity index is 261. The number of likely N-dealkylation sites (tertiary alicyclic amines) is 1. The number of carbonyl (C=O) groups is 1. The molecule has 0 aromatic heterocycles. The van der Waals surface area contributed by atoms with E-state index in [0.29, 0.717) is 11.7 Å². The summed E-state index contributed by atoms with van der Waals surface area (Å²) < 4.78 is 0. The molecule has 3 nitrogen and oxygen atoms in total. The lowest BCUT2D eigenvalue weighted by molar-refractivity contribution is -0.139. The molecule has 0 bridgehead atoms. The zero-order chi connectivity index (χ0) is 11.6. The van der Waals surface area contributed by atoms with Crippen molar-refractivity contribution in [2.75, 3.05) is 33.7 Å². The Kier molecular flexibility index (Phi) is 3.65. The van der Waals surface area contributed by atoms with Gasteiger partial charge in [0.1, 0.15) is 5.78 Å². The summed E-state index contributed by atoms with van der Waals surface area (Å²) in [5, 5.41) is 3.21. The smallest absolute Gasteiger partial charge is 0.144 e. The van der Waals surface area contributed by atoms with E-state index < -0.39 is 0 Å². The van der Waals surface area contributed by atoms with Crippen molar-refractivity contribution < 1.29 is 4.79 Å². The molecule has 2 aliphatic rings. The first kappa shape index (κ1) is 12.1. The van der Waals surface area contributed by atoms with Crippen LogP contribution in [-0.2, 0) is 4.79 Å². The van der Waals surface area contributed by atoms with E-state index in [1.165, 1.54) is 12.8 Å². The number of hydrogen-bond acceptors (Lipinski definition) is 3. The lowest BCUT2D eigenvalue weighted by atomic mass is 9.62. The van der Waals surface area contributed by atoms with E-state index in [1.807, 2.05) is 7.05 Å². The Hall–Kier alpha value is -0.410. The Balaban J connectivity index is 1.99. The largest absolute Gasteiger partial charge is 0.319 e. The van der Waals surface area contributed by atoms with Crippen LogP contribution in [0.15, 0.2) is 0 Å². The molecule has 1 aliphatic heterocycles. The van der Waals surface area contributed by atoms with Crippen molar-refractivity contribution in [1.29, 1.82) is 0 Å². The first-order chi connectivity index (χ1) is 7.68. The van der Waals surface area contributed by atoms with E-state index in [2.05, 4.69) is 17.3 Å². The van der Waals surface area contributed by atoms with Crippen LogP contribution in [0.3, 0.4) is 0 Å². The number of rotatable bonds is 4. The SMILES string of the molecule is CNCC1(C(=O)C2CCCN(C)C2)CCC1. The molecule has 1 atom stereocenters. The van der Waals surface area contributed by atoms with Crippen molar-refractivity contribution in [2.45, 2.75) is 32.1 Å². The number of piperidine rings is 1. The van der Waals surface area contributed by atoms with Crippen LogP contribution in [0.25, 0.3) is 0 Å². The quantitative estimate of drug-likeness (QED) is 0.781. The summed E-state index contributed by atoms with van der Waals surface area (Å²) in [6.45, 7) is 3.01. The van der Waals surface area contributed by atoms with E-state index in [1.54, 1.807) is 0 Å². The maximum Gasteiger partial charge on any atom is 0.144 e. The van der Waals surface area contributed by atoms with Gasteiger partial charge in [-0.05, 0) is 46.3 Å². The maximum absolute atomic E-state index is 12.6. The number of carbonyl (C=O) groups excluding carboxylic acids is 1. The number of ketones is 1. The van der Waals surface area contributed by atoms with Crippen molar-refractivity contribution in [3.8, 4) is 0 Å². The van der Waals surface area contributed by atoms with Gasteiger partial charge in [0.2, 0.25) is 0 Å². The van der Waals surface area contributed by atoms with Crippen LogP contribution in [0.2, 0.25) is 0 Å². The van der Waals surface area contributed by atoms with Gasteiger partial charge in [0.25, 0.3) is 0 Å². The van der Waals surface area contributed by atoms with Crippen molar-refractivity contribution >= 4 is 5.78 Å². The summed E-state index contributed by atoms with van der Waals surface area (Å²) in [5.74, 6) is 0.840. The van der Waals surface area contributed by atoms with E-state index in [4.69, 9.17) is 0 Å². The highest BCUT2D eigenvalue weighted by Gasteiger charge is 2.46. The van der Waals surface area contributed by atoms with E-state index in [-0.39, 0.29) is 5.41 Å². The highest BCUT2D eigenvalue weighted by atomic mass is 16.1. The lowest BCUT2D eigenvalue weighted by Crippen LogP contribution is -2.51. The molecule has 16 heavy (non-hydrogen) atoms. The van der Waals surface area contributed by atoms with Gasteiger partial charge in [0.15, 0.2) is 0 Å². The summed E-state index contributed by atoms with van der Waals surface area (Å²) in [4.78, 5) is 14.9. The molecule has 1 aliphatic carbocycles. The molecule has 1 heterocycles. The van der Waals surface area contributed by atoms with Gasteiger partial charge in [-0.3, -0.25) is 4.79 Å². The molecule has 2 rings (SSSR count). The fourth-order valence-corrected chi connectivity index (χ4v) is 3.27. The molecule has 92 valence electrons. The minimum Gasteiger partial charge on any atom is -0.319 e. The second-order valence-corrected chi connectivity index (χ2v) is 5.63. The first-order valence-corrected chi connectivity index (χ1v) is 6.55. The van der Waals surface area contributed by atoms with Crippen LogP contribution < -0.4 is 5.32 Å². The van der Waals surface area contributed by atoms with Gasteiger partial charge in [-0.25, -0.2) is 0 Å². The molecule has 1 N–H and O–H groups in total. The second kappa shape index (κ2) is 4.84. The van der Waals surface area contributed by atoms with Crippen LogP contribution in [0.1, 0.15) is 32.1 Å². The third-order valence-corrected chi connectivity index (χ3v) is 4.34. The van der Waals surface area contributed by atoms with Crippen molar-refractivity contribution in [3.05, 3.63) is 0 Å². The van der Waals surface area contributed by atoms with Crippen LogP contribution in [-0.4, -0.2) is 44.4 Å².